The lowest BCUT2D eigenvalue weighted by Gasteiger charge is -2.16. The van der Waals surface area contributed by atoms with E-state index in [2.05, 4.69) is 29.8 Å². The molecule has 1 rings (SSSR count). The van der Waals surface area contributed by atoms with Crippen molar-refractivity contribution in [2.75, 3.05) is 13.6 Å². The molecule has 0 bridgehead atoms. The van der Waals surface area contributed by atoms with E-state index < -0.39 is 9.05 Å². The molecule has 0 saturated heterocycles. The lowest BCUT2D eigenvalue weighted by Crippen LogP contribution is -2.28. The number of hydrogen-bond acceptors (Lipinski definition) is 4. The van der Waals surface area contributed by atoms with Gasteiger partial charge in [-0.25, -0.2) is 8.42 Å². The molecule has 0 atom stereocenters. The molecule has 1 amide bonds. The van der Waals surface area contributed by atoms with Crippen LogP contribution in [-0.4, -0.2) is 32.8 Å². The van der Waals surface area contributed by atoms with Crippen molar-refractivity contribution in [1.82, 2.24) is 4.90 Å². The van der Waals surface area contributed by atoms with Crippen LogP contribution >= 0.6 is 26.6 Å². The lowest BCUT2D eigenvalue weighted by atomic mass is 10.1. The maximum absolute atomic E-state index is 12.0. The smallest absolute Gasteiger partial charge is 0.289 e. The molecule has 0 spiro atoms. The van der Waals surface area contributed by atoms with Gasteiger partial charge in [-0.15, -0.1) is 0 Å². The van der Waals surface area contributed by atoms with E-state index in [0.29, 0.717) is 12.5 Å². The normalized spacial score (nSPS) is 11.9. The summed E-state index contributed by atoms with van der Waals surface area (Å²) in [4.78, 5) is 13.3. The Kier molecular flexibility index (Phi) is 5.46. The van der Waals surface area contributed by atoms with Crippen molar-refractivity contribution in [2.45, 2.75) is 25.2 Å². The summed E-state index contributed by atoms with van der Waals surface area (Å²) < 4.78 is 27.5. The van der Waals surface area contributed by atoms with Crippen molar-refractivity contribution in [2.24, 2.45) is 5.92 Å². The van der Waals surface area contributed by atoms with Crippen molar-refractivity contribution < 1.29 is 17.6 Å². The van der Waals surface area contributed by atoms with Gasteiger partial charge in [-0.3, -0.25) is 4.79 Å². The van der Waals surface area contributed by atoms with Crippen LogP contribution in [0.1, 0.15) is 30.8 Å². The number of carbonyl (C=O) groups is 1. The molecule has 1 aromatic heterocycles. The van der Waals surface area contributed by atoms with E-state index in [0.717, 1.165) is 12.5 Å². The molecule has 0 unspecified atom stereocenters. The van der Waals surface area contributed by atoms with Gasteiger partial charge < -0.3 is 9.32 Å². The largest absolute Gasteiger partial charge is 0.443 e. The highest BCUT2D eigenvalue weighted by molar-refractivity contribution is 9.10. The maximum atomic E-state index is 12.0. The molecule has 8 heteroatoms. The summed E-state index contributed by atoms with van der Waals surface area (Å²) in [6.45, 7) is 4.68. The van der Waals surface area contributed by atoms with E-state index in [-0.39, 0.29) is 21.2 Å². The third-order valence-electron chi connectivity index (χ3n) is 2.52. The van der Waals surface area contributed by atoms with Crippen LogP contribution in [0.4, 0.5) is 0 Å². The number of hydrogen-bond donors (Lipinski definition) is 0. The van der Waals surface area contributed by atoms with E-state index in [1.165, 1.54) is 4.90 Å². The van der Waals surface area contributed by atoms with Gasteiger partial charge in [-0.05, 0) is 28.3 Å². The highest BCUT2D eigenvalue weighted by atomic mass is 79.9. The number of amides is 1. The maximum Gasteiger partial charge on any atom is 0.289 e. The van der Waals surface area contributed by atoms with E-state index in [1.807, 2.05) is 0 Å². The Morgan fingerprint density at radius 2 is 2.11 bits per heavy atom. The average molecular weight is 373 g/mol. The summed E-state index contributed by atoms with van der Waals surface area (Å²) in [5.74, 6) is 0.0302. The van der Waals surface area contributed by atoms with Gasteiger partial charge in [0.05, 0.1) is 0 Å². The molecule has 0 aliphatic heterocycles. The number of halogens is 2. The molecule has 5 nitrogen and oxygen atoms in total. The lowest BCUT2D eigenvalue weighted by molar-refractivity contribution is 0.0756. The van der Waals surface area contributed by atoms with Gasteiger partial charge in [0.15, 0.2) is 10.4 Å². The van der Waals surface area contributed by atoms with Crippen molar-refractivity contribution in [1.29, 1.82) is 0 Å². The monoisotopic (exact) mass is 371 g/mol. The topological polar surface area (TPSA) is 67.6 Å². The molecule has 0 aromatic carbocycles. The predicted molar refractivity (Wildman–Crippen MR) is 75.9 cm³/mol. The van der Waals surface area contributed by atoms with Gasteiger partial charge in [-0.2, -0.15) is 0 Å². The molecule has 0 aliphatic carbocycles. The predicted octanol–water partition coefficient (Wildman–Crippen LogP) is 3.09. The zero-order chi connectivity index (χ0) is 14.8. The minimum absolute atomic E-state index is 0.0580. The Balaban J connectivity index is 2.90. The third-order valence-corrected chi connectivity index (χ3v) is 4.70. The Morgan fingerprint density at radius 3 is 2.53 bits per heavy atom. The summed E-state index contributed by atoms with van der Waals surface area (Å²) in [5.41, 5.74) is 0. The fourth-order valence-electron chi connectivity index (χ4n) is 1.37. The van der Waals surface area contributed by atoms with E-state index in [9.17, 15) is 13.2 Å². The first kappa shape index (κ1) is 16.5. The van der Waals surface area contributed by atoms with Gasteiger partial charge in [0, 0.05) is 30.3 Å². The summed E-state index contributed by atoms with van der Waals surface area (Å²) in [6, 6.07) is 1.13. The van der Waals surface area contributed by atoms with Crippen LogP contribution in [0.25, 0.3) is 0 Å². The number of nitrogens with zero attached hydrogens (tertiary/aromatic N) is 1. The zero-order valence-electron chi connectivity index (χ0n) is 10.8. The van der Waals surface area contributed by atoms with E-state index in [4.69, 9.17) is 15.1 Å². The molecular weight excluding hydrogens is 358 g/mol. The number of rotatable bonds is 5. The molecule has 1 heterocycles. The van der Waals surface area contributed by atoms with Crippen LogP contribution in [0.15, 0.2) is 20.0 Å². The van der Waals surface area contributed by atoms with Crippen molar-refractivity contribution >= 4 is 41.6 Å². The van der Waals surface area contributed by atoms with Gasteiger partial charge in [0.2, 0.25) is 0 Å². The molecule has 0 aliphatic rings. The number of furan rings is 1. The second-order valence-electron chi connectivity index (χ2n) is 4.60. The molecule has 1 aromatic rings. The van der Waals surface area contributed by atoms with Crippen LogP contribution in [0.5, 0.6) is 0 Å². The minimum atomic E-state index is -3.94. The van der Waals surface area contributed by atoms with Gasteiger partial charge in [0.1, 0.15) is 4.90 Å². The van der Waals surface area contributed by atoms with E-state index in [1.54, 1.807) is 7.05 Å². The molecule has 19 heavy (non-hydrogen) atoms. The third kappa shape index (κ3) is 4.50. The second kappa shape index (κ2) is 6.28. The van der Waals surface area contributed by atoms with Crippen LogP contribution in [0, 0.1) is 5.92 Å². The van der Waals surface area contributed by atoms with Crippen molar-refractivity contribution in [3.63, 3.8) is 0 Å². The molecule has 0 radical (unpaired) electrons. The summed E-state index contributed by atoms with van der Waals surface area (Å²) >= 11 is 2.93. The van der Waals surface area contributed by atoms with Crippen molar-refractivity contribution in [3.05, 3.63) is 16.5 Å². The second-order valence-corrected chi connectivity index (χ2v) is 7.85. The Bertz CT molecular complexity index is 567. The summed E-state index contributed by atoms with van der Waals surface area (Å²) in [5, 5.41) is 0. The first-order chi connectivity index (χ1) is 8.62. The SMILES string of the molecule is CC(C)CCN(C)C(=O)c1cc(S(=O)(=O)Cl)c(Br)o1. The molecule has 0 N–H and O–H groups in total. The summed E-state index contributed by atoms with van der Waals surface area (Å²) in [6.07, 6.45) is 0.852. The van der Waals surface area contributed by atoms with Crippen LogP contribution in [0.3, 0.4) is 0 Å². The van der Waals surface area contributed by atoms with Gasteiger partial charge in [0.25, 0.3) is 15.0 Å². The highest BCUT2D eigenvalue weighted by Crippen LogP contribution is 2.29. The number of carbonyl (C=O) groups excluding carboxylic acids is 1. The van der Waals surface area contributed by atoms with E-state index >= 15 is 0 Å². The Hall–Kier alpha value is -0.530. The van der Waals surface area contributed by atoms with Gasteiger partial charge in [-0.1, -0.05) is 13.8 Å². The Labute approximate surface area is 125 Å². The first-order valence-electron chi connectivity index (χ1n) is 5.62. The molecular formula is C11H15BrClNO4S. The molecule has 0 saturated carbocycles. The molecule has 0 fully saturated rings. The summed E-state index contributed by atoms with van der Waals surface area (Å²) in [7, 11) is 2.92. The van der Waals surface area contributed by atoms with Crippen molar-refractivity contribution in [3.8, 4) is 0 Å². The van der Waals surface area contributed by atoms with Crippen LogP contribution in [-0.2, 0) is 9.05 Å². The standard InChI is InChI=1S/C11H15BrClNO4S/c1-7(2)4-5-14(3)11(15)8-6-9(10(12)18-8)19(13,16)17/h6-7H,4-5H2,1-3H3. The average Bonchev–Trinajstić information content (AvgIpc) is 2.66. The quantitative estimate of drug-likeness (QED) is 0.745. The first-order valence-corrected chi connectivity index (χ1v) is 8.72. The minimum Gasteiger partial charge on any atom is -0.443 e. The van der Waals surface area contributed by atoms with Crippen LogP contribution < -0.4 is 0 Å². The molecule has 108 valence electrons. The van der Waals surface area contributed by atoms with Gasteiger partial charge >= 0.3 is 0 Å². The Morgan fingerprint density at radius 1 is 1.53 bits per heavy atom. The fraction of sp³-hybridized carbons (Fsp3) is 0.545. The highest BCUT2D eigenvalue weighted by Gasteiger charge is 2.24. The fourth-order valence-corrected chi connectivity index (χ4v) is 3.40. The van der Waals surface area contributed by atoms with Crippen LogP contribution in [0.2, 0.25) is 0 Å². The zero-order valence-corrected chi connectivity index (χ0v) is 14.0.